The maximum atomic E-state index is 11.4. The molecule has 0 atom stereocenters. The van der Waals surface area contributed by atoms with Crippen molar-refractivity contribution in [3.05, 3.63) is 0 Å². The van der Waals surface area contributed by atoms with E-state index < -0.39 is 0 Å². The van der Waals surface area contributed by atoms with Gasteiger partial charge >= 0.3 is 6.03 Å². The first-order valence-corrected chi connectivity index (χ1v) is 9.87. The van der Waals surface area contributed by atoms with Crippen molar-refractivity contribution in [3.63, 3.8) is 0 Å². The van der Waals surface area contributed by atoms with Crippen LogP contribution in [0.1, 0.15) is 96.8 Å². The minimum absolute atomic E-state index is 0.134. The number of hydrogen-bond acceptors (Lipinski definition) is 1. The van der Waals surface area contributed by atoms with Crippen LogP contribution < -0.4 is 5.32 Å². The number of urea groups is 1. The largest absolute Gasteiger partial charge is 0.336 e. The zero-order valence-corrected chi connectivity index (χ0v) is 14.9. The summed E-state index contributed by atoms with van der Waals surface area (Å²) in [6.07, 6.45) is 19.4. The van der Waals surface area contributed by atoms with E-state index in [0.29, 0.717) is 0 Å². The number of carbonyl (C=O) groups is 1. The maximum absolute atomic E-state index is 11.4. The van der Waals surface area contributed by atoms with Crippen LogP contribution in [-0.4, -0.2) is 30.6 Å². The molecular formula is C19H38N2O. The van der Waals surface area contributed by atoms with Gasteiger partial charge in [-0.05, 0) is 6.42 Å². The minimum Gasteiger partial charge on any atom is -0.336 e. The number of rotatable bonds is 15. The van der Waals surface area contributed by atoms with Gasteiger partial charge in [-0.1, -0.05) is 90.4 Å². The summed E-state index contributed by atoms with van der Waals surface area (Å²) in [5.41, 5.74) is 0. The van der Waals surface area contributed by atoms with Gasteiger partial charge in [0.1, 0.15) is 0 Å². The number of nitrogens with zero attached hydrogens (tertiary/aromatic N) is 1. The molecule has 1 saturated heterocycles. The smallest absolute Gasteiger partial charge is 0.317 e. The van der Waals surface area contributed by atoms with Gasteiger partial charge in [-0.15, -0.1) is 0 Å². The van der Waals surface area contributed by atoms with E-state index in [-0.39, 0.29) is 6.03 Å². The zero-order valence-electron chi connectivity index (χ0n) is 14.9. The van der Waals surface area contributed by atoms with Crippen molar-refractivity contribution >= 4 is 6.03 Å². The Morgan fingerprint density at radius 1 is 0.773 bits per heavy atom. The van der Waals surface area contributed by atoms with E-state index in [1.807, 2.05) is 4.90 Å². The van der Waals surface area contributed by atoms with Gasteiger partial charge in [0.25, 0.3) is 0 Å². The number of nitrogens with one attached hydrogen (secondary N) is 1. The highest BCUT2D eigenvalue weighted by Crippen LogP contribution is 2.13. The minimum atomic E-state index is 0.134. The van der Waals surface area contributed by atoms with E-state index in [9.17, 15) is 4.79 Å². The van der Waals surface area contributed by atoms with Crippen LogP contribution in [0.25, 0.3) is 0 Å². The van der Waals surface area contributed by atoms with Crippen LogP contribution in [0.2, 0.25) is 0 Å². The van der Waals surface area contributed by atoms with Gasteiger partial charge in [-0.25, -0.2) is 4.79 Å². The molecule has 1 N–H and O–H groups in total. The predicted molar refractivity (Wildman–Crippen MR) is 95.3 cm³/mol. The molecule has 0 aliphatic carbocycles. The van der Waals surface area contributed by atoms with Crippen LogP contribution in [0, 0.1) is 0 Å². The average molecular weight is 311 g/mol. The summed E-state index contributed by atoms with van der Waals surface area (Å²) in [7, 11) is 0. The van der Waals surface area contributed by atoms with Crippen LogP contribution in [-0.2, 0) is 0 Å². The van der Waals surface area contributed by atoms with Crippen molar-refractivity contribution in [1.29, 1.82) is 0 Å². The fourth-order valence-electron chi connectivity index (χ4n) is 3.22. The van der Waals surface area contributed by atoms with E-state index in [2.05, 4.69) is 12.2 Å². The third kappa shape index (κ3) is 10.1. The fraction of sp³-hybridized carbons (Fsp3) is 0.947. The lowest BCUT2D eigenvalue weighted by atomic mass is 10.0. The SMILES string of the molecule is CCCCCCCCCCCCCCCCN1CCNC1=O. The summed E-state index contributed by atoms with van der Waals surface area (Å²) in [5, 5.41) is 2.86. The summed E-state index contributed by atoms with van der Waals surface area (Å²) in [4.78, 5) is 13.3. The second-order valence-corrected chi connectivity index (χ2v) is 6.82. The van der Waals surface area contributed by atoms with E-state index in [4.69, 9.17) is 0 Å². The van der Waals surface area contributed by atoms with Crippen molar-refractivity contribution in [1.82, 2.24) is 10.2 Å². The van der Waals surface area contributed by atoms with Crippen LogP contribution >= 0.6 is 0 Å². The summed E-state index contributed by atoms with van der Waals surface area (Å²) in [5.74, 6) is 0. The number of hydrogen-bond donors (Lipinski definition) is 1. The van der Waals surface area contributed by atoms with Crippen LogP contribution in [0.4, 0.5) is 4.79 Å². The Balaban J connectivity index is 1.70. The first kappa shape index (κ1) is 19.3. The average Bonchev–Trinajstić information content (AvgIpc) is 2.93. The quantitative estimate of drug-likeness (QED) is 0.398. The Kier molecular flexibility index (Phi) is 12.2. The van der Waals surface area contributed by atoms with E-state index in [0.717, 1.165) is 19.6 Å². The molecule has 130 valence electrons. The van der Waals surface area contributed by atoms with Crippen molar-refractivity contribution in [2.75, 3.05) is 19.6 Å². The van der Waals surface area contributed by atoms with Crippen LogP contribution in [0.3, 0.4) is 0 Å². The molecule has 0 spiro atoms. The number of carbonyl (C=O) groups excluding carboxylic acids is 1. The topological polar surface area (TPSA) is 32.3 Å². The molecule has 2 amide bonds. The molecule has 0 unspecified atom stereocenters. The molecule has 0 saturated carbocycles. The first-order valence-electron chi connectivity index (χ1n) is 9.87. The third-order valence-electron chi connectivity index (χ3n) is 4.73. The standard InChI is InChI=1S/C19H38N2O/c1-2-3-4-5-6-7-8-9-10-11-12-13-14-15-17-21-18-16-20-19(21)22/h2-18H2,1H3,(H,20,22). The molecule has 1 fully saturated rings. The predicted octanol–water partition coefficient (Wildman–Crippen LogP) is 5.49. The van der Waals surface area contributed by atoms with Gasteiger partial charge in [-0.3, -0.25) is 0 Å². The van der Waals surface area contributed by atoms with Crippen molar-refractivity contribution in [2.45, 2.75) is 96.8 Å². The Morgan fingerprint density at radius 2 is 1.23 bits per heavy atom. The molecule has 3 nitrogen and oxygen atoms in total. The second-order valence-electron chi connectivity index (χ2n) is 6.82. The zero-order chi connectivity index (χ0) is 15.9. The van der Waals surface area contributed by atoms with Gasteiger partial charge in [0.2, 0.25) is 0 Å². The van der Waals surface area contributed by atoms with Crippen molar-refractivity contribution < 1.29 is 4.79 Å². The van der Waals surface area contributed by atoms with Gasteiger partial charge in [-0.2, -0.15) is 0 Å². The van der Waals surface area contributed by atoms with Crippen LogP contribution in [0.5, 0.6) is 0 Å². The lowest BCUT2D eigenvalue weighted by molar-refractivity contribution is 0.216. The molecule has 0 aromatic heterocycles. The maximum Gasteiger partial charge on any atom is 0.317 e. The highest BCUT2D eigenvalue weighted by molar-refractivity contribution is 5.76. The molecular weight excluding hydrogens is 272 g/mol. The normalized spacial score (nSPS) is 14.6. The second kappa shape index (κ2) is 13.9. The van der Waals surface area contributed by atoms with Crippen LogP contribution in [0.15, 0.2) is 0 Å². The lowest BCUT2D eigenvalue weighted by Gasteiger charge is -2.13. The molecule has 3 heteroatoms. The summed E-state index contributed by atoms with van der Waals surface area (Å²) in [6.45, 7) is 4.96. The Hall–Kier alpha value is -0.730. The van der Waals surface area contributed by atoms with E-state index in [1.165, 1.54) is 89.9 Å². The highest BCUT2D eigenvalue weighted by Gasteiger charge is 2.17. The lowest BCUT2D eigenvalue weighted by Crippen LogP contribution is -2.28. The Labute approximate surface area is 138 Å². The van der Waals surface area contributed by atoms with Gasteiger partial charge in [0.05, 0.1) is 0 Å². The Morgan fingerprint density at radius 3 is 1.64 bits per heavy atom. The molecule has 0 aromatic carbocycles. The first-order chi connectivity index (χ1) is 10.8. The van der Waals surface area contributed by atoms with Crippen molar-refractivity contribution in [2.24, 2.45) is 0 Å². The molecule has 1 heterocycles. The molecule has 22 heavy (non-hydrogen) atoms. The van der Waals surface area contributed by atoms with Crippen molar-refractivity contribution in [3.8, 4) is 0 Å². The third-order valence-corrected chi connectivity index (χ3v) is 4.73. The molecule has 0 aromatic rings. The Bertz CT molecular complexity index is 268. The fourth-order valence-corrected chi connectivity index (χ4v) is 3.22. The number of amides is 2. The van der Waals surface area contributed by atoms with E-state index in [1.54, 1.807) is 0 Å². The highest BCUT2D eigenvalue weighted by atomic mass is 16.2. The van der Waals surface area contributed by atoms with Gasteiger partial charge in [0, 0.05) is 19.6 Å². The molecule has 0 bridgehead atoms. The van der Waals surface area contributed by atoms with Gasteiger partial charge in [0.15, 0.2) is 0 Å². The summed E-state index contributed by atoms with van der Waals surface area (Å²) in [6, 6.07) is 0.134. The number of unbranched alkanes of at least 4 members (excludes halogenated alkanes) is 13. The van der Waals surface area contributed by atoms with E-state index >= 15 is 0 Å². The summed E-state index contributed by atoms with van der Waals surface area (Å²) < 4.78 is 0. The molecule has 1 aliphatic rings. The summed E-state index contributed by atoms with van der Waals surface area (Å²) >= 11 is 0. The monoisotopic (exact) mass is 310 g/mol. The molecule has 0 radical (unpaired) electrons. The molecule has 1 aliphatic heterocycles. The molecule has 1 rings (SSSR count). The van der Waals surface area contributed by atoms with Gasteiger partial charge < -0.3 is 10.2 Å².